The van der Waals surface area contributed by atoms with Crippen molar-refractivity contribution in [3.05, 3.63) is 51.3 Å². The van der Waals surface area contributed by atoms with Gasteiger partial charge in [-0.1, -0.05) is 36.8 Å². The Morgan fingerprint density at radius 2 is 1.95 bits per heavy atom. The zero-order chi connectivity index (χ0) is 14.7. The Morgan fingerprint density at radius 3 is 2.45 bits per heavy atom. The van der Waals surface area contributed by atoms with E-state index < -0.39 is 0 Å². The first kappa shape index (κ1) is 15.3. The van der Waals surface area contributed by atoms with Gasteiger partial charge in [0.1, 0.15) is 0 Å². The molecule has 0 amide bonds. The Hall–Kier alpha value is -1.13. The van der Waals surface area contributed by atoms with E-state index in [4.69, 9.17) is 0 Å². The summed E-state index contributed by atoms with van der Waals surface area (Å²) in [4.78, 5) is 0. The van der Waals surface area contributed by atoms with Gasteiger partial charge in [0.2, 0.25) is 0 Å². The largest absolute Gasteiger partial charge is 0.313 e. The number of hydrogen-bond donors (Lipinski definition) is 1. The van der Waals surface area contributed by atoms with E-state index in [0.717, 1.165) is 23.0 Å². The Bertz CT molecular complexity index is 572. The van der Waals surface area contributed by atoms with Gasteiger partial charge in [-0.05, 0) is 41.9 Å². The summed E-state index contributed by atoms with van der Waals surface area (Å²) >= 11 is 3.69. The van der Waals surface area contributed by atoms with E-state index in [1.54, 1.807) is 0 Å². The van der Waals surface area contributed by atoms with Crippen LogP contribution in [-0.4, -0.2) is 16.8 Å². The number of nitrogens with one attached hydrogen (secondary N) is 1. The Labute approximate surface area is 129 Å². The highest BCUT2D eigenvalue weighted by Gasteiger charge is 2.17. The third-order valence-corrected chi connectivity index (χ3v) is 4.64. The van der Waals surface area contributed by atoms with Gasteiger partial charge in [0.25, 0.3) is 0 Å². The number of hydrogen-bond acceptors (Lipinski definition) is 2. The van der Waals surface area contributed by atoms with Gasteiger partial charge in [-0.2, -0.15) is 5.10 Å². The molecule has 0 fully saturated rings. The van der Waals surface area contributed by atoms with E-state index in [-0.39, 0.29) is 0 Å². The summed E-state index contributed by atoms with van der Waals surface area (Å²) in [7, 11) is 4.02. The van der Waals surface area contributed by atoms with Crippen molar-refractivity contribution in [2.75, 3.05) is 7.05 Å². The highest BCUT2D eigenvalue weighted by atomic mass is 79.9. The molecule has 20 heavy (non-hydrogen) atoms. The van der Waals surface area contributed by atoms with Gasteiger partial charge in [0.05, 0.1) is 15.9 Å². The Balaban J connectivity index is 2.26. The molecule has 1 N–H and O–H groups in total. The van der Waals surface area contributed by atoms with Gasteiger partial charge in [-0.25, -0.2) is 0 Å². The summed E-state index contributed by atoms with van der Waals surface area (Å²) < 4.78 is 3.14. The summed E-state index contributed by atoms with van der Waals surface area (Å²) in [6.07, 6.45) is 1.87. The van der Waals surface area contributed by atoms with Crippen LogP contribution < -0.4 is 5.32 Å². The molecule has 0 aliphatic rings. The molecule has 4 heteroatoms. The normalized spacial score (nSPS) is 12.7. The molecule has 0 saturated heterocycles. The minimum Gasteiger partial charge on any atom is -0.313 e. The second-order valence-corrected chi connectivity index (χ2v) is 5.93. The lowest BCUT2D eigenvalue weighted by atomic mass is 10.0. The van der Waals surface area contributed by atoms with Crippen LogP contribution in [0.2, 0.25) is 0 Å². The van der Waals surface area contributed by atoms with Gasteiger partial charge in [0.15, 0.2) is 0 Å². The molecule has 0 bridgehead atoms. The molecule has 1 aromatic heterocycles. The molecular weight excluding hydrogens is 314 g/mol. The first-order valence-corrected chi connectivity index (χ1v) is 7.80. The smallest absolute Gasteiger partial charge is 0.0766 e. The summed E-state index contributed by atoms with van der Waals surface area (Å²) in [5.74, 6) is 0. The second kappa shape index (κ2) is 6.55. The van der Waals surface area contributed by atoms with Crippen molar-refractivity contribution in [2.24, 2.45) is 7.05 Å². The highest BCUT2D eigenvalue weighted by molar-refractivity contribution is 9.10. The van der Waals surface area contributed by atoms with Crippen LogP contribution in [0.15, 0.2) is 28.7 Å². The molecule has 2 aromatic rings. The fourth-order valence-corrected chi connectivity index (χ4v) is 3.20. The molecule has 1 heterocycles. The molecule has 0 aliphatic carbocycles. The van der Waals surface area contributed by atoms with Crippen LogP contribution in [0.1, 0.15) is 35.5 Å². The van der Waals surface area contributed by atoms with Gasteiger partial charge in [-0.15, -0.1) is 0 Å². The predicted molar refractivity (Wildman–Crippen MR) is 87.0 cm³/mol. The summed E-state index contributed by atoms with van der Waals surface area (Å²) in [5.41, 5.74) is 4.96. The SMILES string of the molecule is CCc1nn(C)c(CC(NC)c2ccc(C)cc2)c1Br. The number of nitrogens with zero attached hydrogens (tertiary/aromatic N) is 2. The van der Waals surface area contributed by atoms with Crippen molar-refractivity contribution >= 4 is 15.9 Å². The standard InChI is InChI=1S/C16H22BrN3/c1-5-13-16(17)15(20(4)19-13)10-14(18-3)12-8-6-11(2)7-9-12/h6-9,14,18H,5,10H2,1-4H3. The molecule has 1 aromatic carbocycles. The van der Waals surface area contributed by atoms with E-state index in [2.05, 4.69) is 64.5 Å². The molecule has 3 nitrogen and oxygen atoms in total. The topological polar surface area (TPSA) is 29.9 Å². The lowest BCUT2D eigenvalue weighted by Crippen LogP contribution is -2.20. The molecule has 0 saturated carbocycles. The van der Waals surface area contributed by atoms with Crippen molar-refractivity contribution in [2.45, 2.75) is 32.7 Å². The van der Waals surface area contributed by atoms with Crippen LogP contribution in [0, 0.1) is 6.92 Å². The van der Waals surface area contributed by atoms with Gasteiger partial charge in [-0.3, -0.25) is 4.68 Å². The summed E-state index contributed by atoms with van der Waals surface area (Å²) in [6, 6.07) is 9.01. The summed E-state index contributed by atoms with van der Waals surface area (Å²) in [6.45, 7) is 4.25. The van der Waals surface area contributed by atoms with E-state index in [0.29, 0.717) is 6.04 Å². The molecule has 2 rings (SSSR count). The van der Waals surface area contributed by atoms with Crippen LogP contribution >= 0.6 is 15.9 Å². The maximum Gasteiger partial charge on any atom is 0.0766 e. The Kier molecular flexibility index (Phi) is 5.00. The van der Waals surface area contributed by atoms with Crippen molar-refractivity contribution in [1.29, 1.82) is 0 Å². The quantitative estimate of drug-likeness (QED) is 0.905. The second-order valence-electron chi connectivity index (χ2n) is 5.14. The van der Waals surface area contributed by atoms with Crippen molar-refractivity contribution in [1.82, 2.24) is 15.1 Å². The number of benzene rings is 1. The monoisotopic (exact) mass is 335 g/mol. The van der Waals surface area contributed by atoms with E-state index in [9.17, 15) is 0 Å². The van der Waals surface area contributed by atoms with Crippen LogP contribution in [-0.2, 0) is 19.9 Å². The molecule has 0 spiro atoms. The number of rotatable bonds is 5. The lowest BCUT2D eigenvalue weighted by molar-refractivity contribution is 0.560. The minimum absolute atomic E-state index is 0.298. The average Bonchev–Trinajstić information content (AvgIpc) is 2.72. The lowest BCUT2D eigenvalue weighted by Gasteiger charge is -2.17. The van der Waals surface area contributed by atoms with E-state index >= 15 is 0 Å². The van der Waals surface area contributed by atoms with Gasteiger partial charge >= 0.3 is 0 Å². The van der Waals surface area contributed by atoms with Crippen molar-refractivity contribution in [3.63, 3.8) is 0 Å². The fourth-order valence-electron chi connectivity index (χ4n) is 2.42. The molecular formula is C16H22BrN3. The third-order valence-electron chi connectivity index (χ3n) is 3.73. The zero-order valence-corrected chi connectivity index (χ0v) is 14.2. The average molecular weight is 336 g/mol. The number of aromatic nitrogens is 2. The third kappa shape index (κ3) is 3.13. The van der Waals surface area contributed by atoms with Crippen molar-refractivity contribution < 1.29 is 0 Å². The highest BCUT2D eigenvalue weighted by Crippen LogP contribution is 2.26. The fraction of sp³-hybridized carbons (Fsp3) is 0.438. The first-order valence-electron chi connectivity index (χ1n) is 7.00. The van der Waals surface area contributed by atoms with Crippen molar-refractivity contribution in [3.8, 4) is 0 Å². The van der Waals surface area contributed by atoms with E-state index in [1.807, 2.05) is 18.8 Å². The number of likely N-dealkylation sites (N-methyl/N-ethyl adjacent to an activating group) is 1. The van der Waals surface area contributed by atoms with E-state index in [1.165, 1.54) is 16.8 Å². The minimum atomic E-state index is 0.298. The van der Waals surface area contributed by atoms with Crippen LogP contribution in [0.3, 0.4) is 0 Å². The maximum absolute atomic E-state index is 4.57. The van der Waals surface area contributed by atoms with Gasteiger partial charge < -0.3 is 5.32 Å². The van der Waals surface area contributed by atoms with Crippen LogP contribution in [0.4, 0.5) is 0 Å². The summed E-state index contributed by atoms with van der Waals surface area (Å²) in [5, 5.41) is 7.97. The van der Waals surface area contributed by atoms with Crippen LogP contribution in [0.5, 0.6) is 0 Å². The molecule has 108 valence electrons. The maximum atomic E-state index is 4.57. The first-order chi connectivity index (χ1) is 9.56. The number of aryl methyl sites for hydroxylation is 3. The molecule has 1 atom stereocenters. The molecule has 0 aliphatic heterocycles. The zero-order valence-electron chi connectivity index (χ0n) is 12.6. The molecule has 1 unspecified atom stereocenters. The van der Waals surface area contributed by atoms with Crippen LogP contribution in [0.25, 0.3) is 0 Å². The number of halogens is 1. The predicted octanol–water partition coefficient (Wildman–Crippen LogP) is 3.56. The Morgan fingerprint density at radius 1 is 1.30 bits per heavy atom. The van der Waals surface area contributed by atoms with Gasteiger partial charge in [0, 0.05) is 19.5 Å². The molecule has 0 radical (unpaired) electrons.